The van der Waals surface area contributed by atoms with Gasteiger partial charge in [0.2, 0.25) is 5.78 Å². The number of nitrogens with one attached hydrogen (secondary N) is 1. The summed E-state index contributed by atoms with van der Waals surface area (Å²) < 4.78 is 5.14. The second-order valence-corrected chi connectivity index (χ2v) is 12.2. The number of aliphatic hydroxyl groups excluding tert-OH is 2. The number of fused-ring (bicyclic) bond motifs is 3. The van der Waals surface area contributed by atoms with Crippen LogP contribution in [-0.2, 0) is 20.8 Å². The Kier molecular flexibility index (Phi) is 7.65. The standard InChI is InChI=1S/C35H33N3O9/c1-38(2)28-23-15-18-14-22-21(16-4-8-19(9-5-16)37-34(45)17-6-10-20(47-3)11-7-17)12-13-24(39)26(22)29(40)25(18)31(42)35(23,46)32(43)27(30(28)41)33(36)44/h4-13,18,23,28,39-40,43,46H,14-15H2,1-3H3,(H2,36,44)(H,37,45)/t18-,23-,28?,35-/m0/s1. The lowest BCUT2D eigenvalue weighted by atomic mass is 9.57. The Bertz CT molecular complexity index is 1910. The van der Waals surface area contributed by atoms with Crippen molar-refractivity contribution in [2.75, 3.05) is 26.5 Å². The Morgan fingerprint density at radius 1 is 0.979 bits per heavy atom. The summed E-state index contributed by atoms with van der Waals surface area (Å²) in [5.41, 5.74) is 4.45. The van der Waals surface area contributed by atoms with E-state index in [9.17, 15) is 39.6 Å². The predicted octanol–water partition coefficient (Wildman–Crippen LogP) is 2.89. The SMILES string of the molecule is COc1ccc(C(=O)Nc2ccc(-c3ccc(O)c4c3C[C@H]3C[C@H]5C(N(C)C)C(=O)C(C(N)=O)=C(O)[C@@]5(O)C(=O)C3=C4O)cc2)cc1. The van der Waals surface area contributed by atoms with Crippen LogP contribution in [-0.4, -0.2) is 81.6 Å². The number of rotatable bonds is 6. The first-order chi connectivity index (χ1) is 22.3. The lowest BCUT2D eigenvalue weighted by Gasteiger charge is -2.50. The van der Waals surface area contributed by atoms with E-state index >= 15 is 0 Å². The Labute approximate surface area is 269 Å². The van der Waals surface area contributed by atoms with Crippen molar-refractivity contribution in [1.29, 1.82) is 0 Å². The molecule has 0 spiro atoms. The molecule has 0 heterocycles. The number of nitrogens with two attached hydrogens (primary N) is 1. The largest absolute Gasteiger partial charge is 0.508 e. The lowest BCUT2D eigenvalue weighted by Crippen LogP contribution is -2.65. The first-order valence-electron chi connectivity index (χ1n) is 14.8. The number of nitrogens with zero attached hydrogens (tertiary/aromatic N) is 1. The quantitative estimate of drug-likeness (QED) is 0.218. The van der Waals surface area contributed by atoms with Gasteiger partial charge in [-0.25, -0.2) is 0 Å². The van der Waals surface area contributed by atoms with Crippen molar-refractivity contribution >= 4 is 34.8 Å². The van der Waals surface area contributed by atoms with Crippen LogP contribution in [0.1, 0.15) is 27.9 Å². The van der Waals surface area contributed by atoms with Crippen LogP contribution in [0.4, 0.5) is 5.69 Å². The molecule has 1 fully saturated rings. The van der Waals surface area contributed by atoms with E-state index in [0.717, 1.165) is 0 Å². The molecule has 6 rings (SSSR count). The average Bonchev–Trinajstić information content (AvgIpc) is 3.03. The fourth-order valence-corrected chi connectivity index (χ4v) is 7.19. The lowest BCUT2D eigenvalue weighted by molar-refractivity contribution is -0.153. The van der Waals surface area contributed by atoms with Crippen LogP contribution >= 0.6 is 0 Å². The number of primary amides is 1. The number of likely N-dealkylation sites (N-methyl/N-ethyl adjacent to an activating group) is 1. The number of carbonyl (C=O) groups is 4. The molecule has 3 aliphatic carbocycles. The van der Waals surface area contributed by atoms with Crippen molar-refractivity contribution in [1.82, 2.24) is 4.90 Å². The topological polar surface area (TPSA) is 200 Å². The number of aliphatic hydroxyl groups is 3. The predicted molar refractivity (Wildman–Crippen MR) is 171 cm³/mol. The highest BCUT2D eigenvalue weighted by Gasteiger charge is 2.64. The van der Waals surface area contributed by atoms with Gasteiger partial charge in [-0.05, 0) is 92.0 Å². The number of ketones is 2. The van der Waals surface area contributed by atoms with Gasteiger partial charge in [-0.2, -0.15) is 0 Å². The maximum absolute atomic E-state index is 14.0. The monoisotopic (exact) mass is 639 g/mol. The fourth-order valence-electron chi connectivity index (χ4n) is 7.19. The molecule has 0 bridgehead atoms. The molecule has 12 heteroatoms. The van der Waals surface area contributed by atoms with Gasteiger partial charge in [0, 0.05) is 22.7 Å². The van der Waals surface area contributed by atoms with Gasteiger partial charge in [0.1, 0.15) is 28.6 Å². The van der Waals surface area contributed by atoms with Gasteiger partial charge in [0.25, 0.3) is 11.8 Å². The third kappa shape index (κ3) is 4.84. The van der Waals surface area contributed by atoms with Crippen molar-refractivity contribution in [2.24, 2.45) is 17.6 Å². The van der Waals surface area contributed by atoms with Crippen molar-refractivity contribution in [3.05, 3.63) is 94.3 Å². The van der Waals surface area contributed by atoms with E-state index in [1.165, 1.54) is 18.1 Å². The van der Waals surface area contributed by atoms with Crippen LogP contribution in [0.15, 0.2) is 77.6 Å². The maximum Gasteiger partial charge on any atom is 0.255 e. The number of ether oxygens (including phenoxy) is 1. The molecule has 47 heavy (non-hydrogen) atoms. The molecule has 2 amide bonds. The third-order valence-electron chi connectivity index (χ3n) is 9.41. The summed E-state index contributed by atoms with van der Waals surface area (Å²) >= 11 is 0. The van der Waals surface area contributed by atoms with Crippen molar-refractivity contribution in [2.45, 2.75) is 24.5 Å². The molecule has 0 aliphatic heterocycles. The number of hydrogen-bond donors (Lipinski definition) is 6. The molecule has 1 unspecified atom stereocenters. The highest BCUT2D eigenvalue weighted by Crippen LogP contribution is 2.53. The molecule has 4 atom stereocenters. The molecule has 3 aromatic carbocycles. The number of aromatic hydroxyl groups is 1. The number of methoxy groups -OCH3 is 1. The Morgan fingerprint density at radius 2 is 1.64 bits per heavy atom. The zero-order valence-electron chi connectivity index (χ0n) is 25.8. The molecule has 3 aromatic rings. The van der Waals surface area contributed by atoms with E-state index in [0.29, 0.717) is 33.7 Å². The van der Waals surface area contributed by atoms with Gasteiger partial charge in [0.05, 0.1) is 18.7 Å². The van der Waals surface area contributed by atoms with Crippen molar-refractivity contribution in [3.8, 4) is 22.6 Å². The summed E-state index contributed by atoms with van der Waals surface area (Å²) in [4.78, 5) is 53.8. The van der Waals surface area contributed by atoms with E-state index in [1.54, 1.807) is 68.7 Å². The van der Waals surface area contributed by atoms with E-state index in [2.05, 4.69) is 5.32 Å². The molecule has 3 aliphatic rings. The minimum atomic E-state index is -2.70. The van der Waals surface area contributed by atoms with Crippen LogP contribution in [0.2, 0.25) is 0 Å². The van der Waals surface area contributed by atoms with Crippen LogP contribution < -0.4 is 15.8 Å². The van der Waals surface area contributed by atoms with Crippen LogP contribution in [0.25, 0.3) is 16.9 Å². The number of phenols is 1. The Morgan fingerprint density at radius 3 is 2.23 bits per heavy atom. The molecule has 12 nitrogen and oxygen atoms in total. The number of anilines is 1. The summed E-state index contributed by atoms with van der Waals surface area (Å²) in [6, 6.07) is 15.5. The number of hydrogen-bond acceptors (Lipinski definition) is 10. The van der Waals surface area contributed by atoms with Crippen LogP contribution in [0.3, 0.4) is 0 Å². The van der Waals surface area contributed by atoms with Crippen LogP contribution in [0.5, 0.6) is 11.5 Å². The van der Waals surface area contributed by atoms with Gasteiger partial charge < -0.3 is 36.2 Å². The second-order valence-electron chi connectivity index (χ2n) is 12.2. The van der Waals surface area contributed by atoms with Crippen molar-refractivity contribution in [3.63, 3.8) is 0 Å². The smallest absolute Gasteiger partial charge is 0.255 e. The number of carbonyl (C=O) groups excluding carboxylic acids is 4. The fraction of sp³-hybridized carbons (Fsp3) is 0.257. The van der Waals surface area contributed by atoms with Gasteiger partial charge >= 0.3 is 0 Å². The summed E-state index contributed by atoms with van der Waals surface area (Å²) in [5.74, 6) is -6.74. The summed E-state index contributed by atoms with van der Waals surface area (Å²) in [5, 5.41) is 48.0. The van der Waals surface area contributed by atoms with E-state index in [1.807, 2.05) is 0 Å². The minimum Gasteiger partial charge on any atom is -0.508 e. The zero-order chi connectivity index (χ0) is 33.9. The highest BCUT2D eigenvalue weighted by molar-refractivity contribution is 6.24. The maximum atomic E-state index is 14.0. The third-order valence-corrected chi connectivity index (χ3v) is 9.41. The van der Waals surface area contributed by atoms with Gasteiger partial charge in [-0.3, -0.25) is 24.1 Å². The average molecular weight is 640 g/mol. The first-order valence-corrected chi connectivity index (χ1v) is 14.8. The summed E-state index contributed by atoms with van der Waals surface area (Å²) in [7, 11) is 4.64. The van der Waals surface area contributed by atoms with Crippen LogP contribution in [0, 0.1) is 11.8 Å². The minimum absolute atomic E-state index is 0.00401. The van der Waals surface area contributed by atoms with Gasteiger partial charge in [-0.1, -0.05) is 18.2 Å². The van der Waals surface area contributed by atoms with Crippen molar-refractivity contribution < 1.29 is 44.3 Å². The van der Waals surface area contributed by atoms with E-state index in [-0.39, 0.29) is 35.6 Å². The summed E-state index contributed by atoms with van der Waals surface area (Å²) in [6.45, 7) is 0. The molecule has 0 radical (unpaired) electrons. The first kappa shape index (κ1) is 31.5. The molecule has 0 aromatic heterocycles. The normalized spacial score (nSPS) is 23.6. The summed E-state index contributed by atoms with van der Waals surface area (Å²) in [6.07, 6.45) is 0.130. The van der Waals surface area contributed by atoms with E-state index in [4.69, 9.17) is 10.5 Å². The number of Topliss-reactive ketones (excluding diaryl/α,β-unsaturated/α-hetero) is 2. The molecule has 1 saturated carbocycles. The van der Waals surface area contributed by atoms with E-state index < -0.39 is 58.0 Å². The molecule has 0 saturated heterocycles. The number of amides is 2. The molecular formula is C35H33N3O9. The molecule has 7 N–H and O–H groups in total. The number of phenolic OH excluding ortho intramolecular Hbond substituents is 1. The Balaban J connectivity index is 1.38. The Hall–Kier alpha value is -5.46. The van der Waals surface area contributed by atoms with Gasteiger partial charge in [-0.15, -0.1) is 0 Å². The van der Waals surface area contributed by atoms with Gasteiger partial charge in [0.15, 0.2) is 11.4 Å². The number of benzene rings is 3. The molecular weight excluding hydrogens is 606 g/mol. The second kappa shape index (κ2) is 11.4. The molecule has 242 valence electrons. The highest BCUT2D eigenvalue weighted by atomic mass is 16.5. The zero-order valence-corrected chi connectivity index (χ0v) is 25.8.